The predicted molar refractivity (Wildman–Crippen MR) is 110 cm³/mol. The monoisotopic (exact) mass is 381 g/mol. The largest absolute Gasteiger partial charge is 0.325 e. The summed E-state index contributed by atoms with van der Waals surface area (Å²) in [5.74, 6) is 0.224. The summed E-state index contributed by atoms with van der Waals surface area (Å²) >= 11 is 1.62. The van der Waals surface area contributed by atoms with Gasteiger partial charge in [-0.2, -0.15) is 0 Å². The van der Waals surface area contributed by atoms with E-state index in [9.17, 15) is 9.59 Å². The predicted octanol–water partition coefficient (Wildman–Crippen LogP) is 4.10. The van der Waals surface area contributed by atoms with Crippen molar-refractivity contribution in [1.29, 1.82) is 0 Å². The molecule has 0 saturated carbocycles. The van der Waals surface area contributed by atoms with Crippen molar-refractivity contribution in [3.8, 4) is 0 Å². The number of nitrogens with one attached hydrogen (secondary N) is 1. The van der Waals surface area contributed by atoms with Gasteiger partial charge < -0.3 is 5.32 Å². The van der Waals surface area contributed by atoms with Crippen molar-refractivity contribution in [2.24, 2.45) is 0 Å². The van der Waals surface area contributed by atoms with Gasteiger partial charge in [0.25, 0.3) is 5.56 Å². The summed E-state index contributed by atoms with van der Waals surface area (Å²) in [6, 6.07) is 7.81. The standard InChI is InChI=1S/C21H23N3O2S/c1-13(2)14-7-9-15(10-8-14)23-18(25)11-24-12-22-20-19(21(24)26)16-5-3-4-6-17(16)27-20/h7-10,12-13H,3-6,11H2,1-2H3,(H,23,25). The van der Waals surface area contributed by atoms with E-state index in [1.807, 2.05) is 24.3 Å². The van der Waals surface area contributed by atoms with Crippen molar-refractivity contribution in [3.05, 3.63) is 57.0 Å². The molecule has 0 spiro atoms. The van der Waals surface area contributed by atoms with Crippen LogP contribution in [-0.4, -0.2) is 15.5 Å². The number of carbonyl (C=O) groups is 1. The van der Waals surface area contributed by atoms with Crippen LogP contribution in [-0.2, 0) is 24.2 Å². The highest BCUT2D eigenvalue weighted by Gasteiger charge is 2.20. The van der Waals surface area contributed by atoms with E-state index >= 15 is 0 Å². The molecule has 0 saturated heterocycles. The number of hydrogen-bond acceptors (Lipinski definition) is 4. The Labute approximate surface area is 162 Å². The van der Waals surface area contributed by atoms with E-state index in [0.717, 1.165) is 35.3 Å². The summed E-state index contributed by atoms with van der Waals surface area (Å²) < 4.78 is 1.42. The van der Waals surface area contributed by atoms with Crippen molar-refractivity contribution >= 4 is 33.1 Å². The fourth-order valence-corrected chi connectivity index (χ4v) is 4.82. The third kappa shape index (κ3) is 3.54. The highest BCUT2D eigenvalue weighted by molar-refractivity contribution is 7.18. The first-order valence-electron chi connectivity index (χ1n) is 9.42. The molecule has 0 atom stereocenters. The minimum absolute atomic E-state index is 0.0294. The minimum atomic E-state index is -0.223. The molecule has 6 heteroatoms. The molecule has 1 aliphatic carbocycles. The van der Waals surface area contributed by atoms with E-state index in [1.54, 1.807) is 11.3 Å². The Balaban J connectivity index is 1.55. The van der Waals surface area contributed by atoms with Gasteiger partial charge in [0.1, 0.15) is 11.4 Å². The van der Waals surface area contributed by atoms with Gasteiger partial charge in [-0.15, -0.1) is 11.3 Å². The smallest absolute Gasteiger partial charge is 0.262 e. The third-order valence-corrected chi connectivity index (χ3v) is 6.32. The first kappa shape index (κ1) is 17.9. The maximum atomic E-state index is 12.9. The fourth-order valence-electron chi connectivity index (χ4n) is 3.60. The number of hydrogen-bond donors (Lipinski definition) is 1. The molecule has 1 N–H and O–H groups in total. The number of anilines is 1. The Kier molecular flexibility index (Phi) is 4.83. The third-order valence-electron chi connectivity index (χ3n) is 5.12. The number of nitrogens with zero attached hydrogens (tertiary/aromatic N) is 2. The van der Waals surface area contributed by atoms with Gasteiger partial charge in [0.2, 0.25) is 5.91 Å². The number of benzene rings is 1. The Hall–Kier alpha value is -2.47. The van der Waals surface area contributed by atoms with Crippen molar-refractivity contribution < 1.29 is 4.79 Å². The lowest BCUT2D eigenvalue weighted by Crippen LogP contribution is -2.28. The molecule has 2 aromatic heterocycles. The molecule has 27 heavy (non-hydrogen) atoms. The number of aryl methyl sites for hydroxylation is 2. The van der Waals surface area contributed by atoms with E-state index in [-0.39, 0.29) is 18.0 Å². The normalized spacial score (nSPS) is 13.7. The van der Waals surface area contributed by atoms with Gasteiger partial charge in [-0.25, -0.2) is 4.98 Å². The van der Waals surface area contributed by atoms with Crippen molar-refractivity contribution in [2.75, 3.05) is 5.32 Å². The van der Waals surface area contributed by atoms with E-state index in [2.05, 4.69) is 24.1 Å². The summed E-state index contributed by atoms with van der Waals surface area (Å²) in [5.41, 5.74) is 3.00. The molecule has 0 aliphatic heterocycles. The molecule has 0 radical (unpaired) electrons. The molecule has 0 bridgehead atoms. The van der Waals surface area contributed by atoms with Crippen LogP contribution in [0.3, 0.4) is 0 Å². The average Bonchev–Trinajstić information content (AvgIpc) is 3.04. The second kappa shape index (κ2) is 7.27. The van der Waals surface area contributed by atoms with Crippen molar-refractivity contribution in [3.63, 3.8) is 0 Å². The summed E-state index contributed by atoms with van der Waals surface area (Å²) in [6.45, 7) is 4.23. The molecule has 4 rings (SSSR count). The molecule has 1 amide bonds. The number of fused-ring (bicyclic) bond motifs is 3. The summed E-state index contributed by atoms with van der Waals surface area (Å²) in [4.78, 5) is 31.9. The van der Waals surface area contributed by atoms with Crippen LogP contribution in [0.15, 0.2) is 35.4 Å². The number of amides is 1. The number of rotatable bonds is 4. The Morgan fingerprint density at radius 2 is 1.96 bits per heavy atom. The van der Waals surface area contributed by atoms with Crippen LogP contribution < -0.4 is 10.9 Å². The summed E-state index contributed by atoms with van der Waals surface area (Å²) in [7, 11) is 0. The van der Waals surface area contributed by atoms with Crippen LogP contribution >= 0.6 is 11.3 Å². The zero-order chi connectivity index (χ0) is 19.0. The molecule has 2 heterocycles. The molecule has 0 fully saturated rings. The molecule has 1 aliphatic rings. The van der Waals surface area contributed by atoms with E-state index in [4.69, 9.17) is 0 Å². The molecular formula is C21H23N3O2S. The van der Waals surface area contributed by atoms with Crippen LogP contribution in [0.1, 0.15) is 48.6 Å². The molecule has 1 aromatic carbocycles. The average molecular weight is 382 g/mol. The highest BCUT2D eigenvalue weighted by Crippen LogP contribution is 2.33. The minimum Gasteiger partial charge on any atom is -0.325 e. The summed E-state index contributed by atoms with van der Waals surface area (Å²) in [6.07, 6.45) is 5.74. The second-order valence-corrected chi connectivity index (χ2v) is 8.48. The first-order chi connectivity index (χ1) is 13.0. The second-order valence-electron chi connectivity index (χ2n) is 7.39. The maximum Gasteiger partial charge on any atom is 0.262 e. The van der Waals surface area contributed by atoms with Gasteiger partial charge in [-0.1, -0.05) is 26.0 Å². The van der Waals surface area contributed by atoms with Gasteiger partial charge in [0, 0.05) is 10.6 Å². The van der Waals surface area contributed by atoms with Crippen LogP contribution in [0.2, 0.25) is 0 Å². The van der Waals surface area contributed by atoms with E-state index in [0.29, 0.717) is 11.3 Å². The van der Waals surface area contributed by atoms with Gasteiger partial charge in [0.05, 0.1) is 11.7 Å². The number of carbonyl (C=O) groups excluding carboxylic acids is 1. The number of thiophene rings is 1. The zero-order valence-electron chi connectivity index (χ0n) is 15.6. The quantitative estimate of drug-likeness (QED) is 0.740. The van der Waals surface area contributed by atoms with E-state index < -0.39 is 0 Å². The zero-order valence-corrected chi connectivity index (χ0v) is 16.4. The molecule has 0 unspecified atom stereocenters. The Morgan fingerprint density at radius 3 is 2.70 bits per heavy atom. The molecule has 140 valence electrons. The van der Waals surface area contributed by atoms with Crippen molar-refractivity contribution in [2.45, 2.75) is 52.0 Å². The lowest BCUT2D eigenvalue weighted by molar-refractivity contribution is -0.116. The van der Waals surface area contributed by atoms with Crippen LogP contribution in [0.5, 0.6) is 0 Å². The van der Waals surface area contributed by atoms with Gasteiger partial charge in [-0.05, 0) is 54.9 Å². The van der Waals surface area contributed by atoms with Crippen molar-refractivity contribution in [1.82, 2.24) is 9.55 Å². The molecule has 3 aromatic rings. The highest BCUT2D eigenvalue weighted by atomic mass is 32.1. The lowest BCUT2D eigenvalue weighted by Gasteiger charge is -2.11. The maximum absolute atomic E-state index is 12.9. The SMILES string of the molecule is CC(C)c1ccc(NC(=O)Cn2cnc3sc4c(c3c2=O)CCCC4)cc1. The van der Waals surface area contributed by atoms with Crippen LogP contribution in [0.4, 0.5) is 5.69 Å². The lowest BCUT2D eigenvalue weighted by atomic mass is 9.97. The summed E-state index contributed by atoms with van der Waals surface area (Å²) in [5, 5.41) is 3.58. The van der Waals surface area contributed by atoms with Crippen LogP contribution in [0.25, 0.3) is 10.2 Å². The Morgan fingerprint density at radius 1 is 1.22 bits per heavy atom. The number of aromatic nitrogens is 2. The van der Waals surface area contributed by atoms with Gasteiger partial charge >= 0.3 is 0 Å². The molecular weight excluding hydrogens is 358 g/mol. The fraction of sp³-hybridized carbons (Fsp3) is 0.381. The van der Waals surface area contributed by atoms with E-state index in [1.165, 1.54) is 27.8 Å². The van der Waals surface area contributed by atoms with Crippen LogP contribution in [0, 0.1) is 0 Å². The first-order valence-corrected chi connectivity index (χ1v) is 10.2. The molecule has 5 nitrogen and oxygen atoms in total. The van der Waals surface area contributed by atoms with Gasteiger partial charge in [-0.3, -0.25) is 14.2 Å². The van der Waals surface area contributed by atoms with Gasteiger partial charge in [0.15, 0.2) is 0 Å². The topological polar surface area (TPSA) is 64.0 Å². The Bertz CT molecular complexity index is 1050.